The van der Waals surface area contributed by atoms with Crippen molar-refractivity contribution in [1.82, 2.24) is 15.5 Å². The first-order chi connectivity index (χ1) is 13.1. The molecule has 2 N–H and O–H groups in total. The van der Waals surface area contributed by atoms with Gasteiger partial charge in [0.05, 0.1) is 6.61 Å². The van der Waals surface area contributed by atoms with Gasteiger partial charge >= 0.3 is 0 Å². The Morgan fingerprint density at radius 2 is 1.85 bits per heavy atom. The molecule has 0 atom stereocenters. The van der Waals surface area contributed by atoms with Gasteiger partial charge in [0.25, 0.3) is 5.91 Å². The number of amides is 1. The number of ether oxygens (including phenoxy) is 1. The molecule has 6 nitrogen and oxygen atoms in total. The van der Waals surface area contributed by atoms with Gasteiger partial charge in [-0.05, 0) is 49.3 Å². The highest BCUT2D eigenvalue weighted by Crippen LogP contribution is 2.16. The molecule has 0 saturated carbocycles. The summed E-state index contributed by atoms with van der Waals surface area (Å²) in [5, 5.41) is 15.2. The van der Waals surface area contributed by atoms with Crippen molar-refractivity contribution >= 4 is 39.7 Å². The van der Waals surface area contributed by atoms with Gasteiger partial charge in [0.1, 0.15) is 10.8 Å². The molecule has 1 aromatic heterocycles. The van der Waals surface area contributed by atoms with Crippen LogP contribution in [0.1, 0.15) is 61.3 Å². The number of anilines is 1. The molecule has 0 unspecified atom stereocenters. The first-order valence-corrected chi connectivity index (χ1v) is 10.5. The van der Waals surface area contributed by atoms with Gasteiger partial charge in [-0.25, -0.2) is 0 Å². The highest BCUT2D eigenvalue weighted by molar-refractivity contribution is 7.80. The van der Waals surface area contributed by atoms with E-state index in [2.05, 4.69) is 27.8 Å². The smallest absolute Gasteiger partial charge is 0.257 e. The third kappa shape index (κ3) is 7.60. The van der Waals surface area contributed by atoms with Crippen LogP contribution in [0.15, 0.2) is 24.3 Å². The number of hydrogen-bond acceptors (Lipinski definition) is 6. The molecule has 2 rings (SSSR count). The van der Waals surface area contributed by atoms with E-state index >= 15 is 0 Å². The lowest BCUT2D eigenvalue weighted by molar-refractivity contribution is 0.0977. The van der Waals surface area contributed by atoms with E-state index < -0.39 is 0 Å². The molecule has 146 valence electrons. The second kappa shape index (κ2) is 11.6. The molecule has 0 aliphatic heterocycles. The Kier molecular flexibility index (Phi) is 9.13. The highest BCUT2D eigenvalue weighted by atomic mass is 32.1. The van der Waals surface area contributed by atoms with Crippen LogP contribution in [-0.2, 0) is 6.42 Å². The molecule has 0 spiro atoms. The second-order valence-electron chi connectivity index (χ2n) is 6.05. The SMILES string of the molecule is CCCCCCCOc1ccc(C(=O)NC(=S)Nc2nnc(CC)s2)cc1. The van der Waals surface area contributed by atoms with E-state index in [4.69, 9.17) is 17.0 Å². The number of carbonyl (C=O) groups excluding carboxylic acids is 1. The Hall–Kier alpha value is -2.06. The first kappa shape index (κ1) is 21.2. The summed E-state index contributed by atoms with van der Waals surface area (Å²) in [6.45, 7) is 4.91. The van der Waals surface area contributed by atoms with Crippen LogP contribution in [0.4, 0.5) is 5.13 Å². The molecule has 1 heterocycles. The Bertz CT molecular complexity index is 732. The molecule has 0 aliphatic carbocycles. The van der Waals surface area contributed by atoms with Gasteiger partial charge in [0, 0.05) is 5.56 Å². The predicted octanol–water partition coefficient (Wildman–Crippen LogP) is 4.58. The van der Waals surface area contributed by atoms with Crippen molar-refractivity contribution in [2.24, 2.45) is 0 Å². The first-order valence-electron chi connectivity index (χ1n) is 9.30. The maximum Gasteiger partial charge on any atom is 0.257 e. The number of nitrogens with one attached hydrogen (secondary N) is 2. The molecular formula is C19H26N4O2S2. The van der Waals surface area contributed by atoms with Crippen LogP contribution < -0.4 is 15.4 Å². The van der Waals surface area contributed by atoms with Crippen molar-refractivity contribution < 1.29 is 9.53 Å². The van der Waals surface area contributed by atoms with E-state index in [0.29, 0.717) is 17.3 Å². The number of benzene rings is 1. The number of aromatic nitrogens is 2. The van der Waals surface area contributed by atoms with Crippen molar-refractivity contribution in [2.45, 2.75) is 52.4 Å². The normalized spacial score (nSPS) is 10.4. The Morgan fingerprint density at radius 1 is 1.11 bits per heavy atom. The molecule has 27 heavy (non-hydrogen) atoms. The fraction of sp³-hybridized carbons (Fsp3) is 0.474. The highest BCUT2D eigenvalue weighted by Gasteiger charge is 2.10. The zero-order chi connectivity index (χ0) is 19.5. The molecular weight excluding hydrogens is 380 g/mol. The third-order valence-corrected chi connectivity index (χ3v) is 5.04. The monoisotopic (exact) mass is 406 g/mol. The van der Waals surface area contributed by atoms with E-state index in [0.717, 1.165) is 23.6 Å². The summed E-state index contributed by atoms with van der Waals surface area (Å²) in [6.07, 6.45) is 6.82. The predicted molar refractivity (Wildman–Crippen MR) is 114 cm³/mol. The lowest BCUT2D eigenvalue weighted by Crippen LogP contribution is -2.34. The van der Waals surface area contributed by atoms with Gasteiger partial charge in [-0.15, -0.1) is 10.2 Å². The summed E-state index contributed by atoms with van der Waals surface area (Å²) in [5.74, 6) is 0.488. The molecule has 0 radical (unpaired) electrons. The van der Waals surface area contributed by atoms with Crippen molar-refractivity contribution in [3.63, 3.8) is 0 Å². The molecule has 8 heteroatoms. The average Bonchev–Trinajstić information content (AvgIpc) is 3.12. The van der Waals surface area contributed by atoms with Crippen LogP contribution in [0.25, 0.3) is 0 Å². The zero-order valence-corrected chi connectivity index (χ0v) is 17.4. The molecule has 0 aliphatic rings. The average molecular weight is 407 g/mol. The van der Waals surface area contributed by atoms with Gasteiger partial charge in [-0.1, -0.05) is 50.9 Å². The van der Waals surface area contributed by atoms with Crippen LogP contribution in [0.5, 0.6) is 5.75 Å². The number of carbonyl (C=O) groups is 1. The number of unbranched alkanes of at least 4 members (excludes halogenated alkanes) is 4. The quantitative estimate of drug-likeness (QED) is 0.444. The molecule has 2 aromatic rings. The van der Waals surface area contributed by atoms with Gasteiger partial charge in [0.15, 0.2) is 5.11 Å². The van der Waals surface area contributed by atoms with Gasteiger partial charge in [0.2, 0.25) is 5.13 Å². The standard InChI is InChI=1S/C19H26N4O2S2/c1-3-5-6-7-8-13-25-15-11-9-14(10-12-15)17(24)20-18(26)21-19-23-22-16(4-2)27-19/h9-12H,3-8,13H2,1-2H3,(H2,20,21,23,24,26). The number of rotatable bonds is 10. The van der Waals surface area contributed by atoms with Gasteiger partial charge < -0.3 is 10.1 Å². The summed E-state index contributed by atoms with van der Waals surface area (Å²) in [4.78, 5) is 12.3. The summed E-state index contributed by atoms with van der Waals surface area (Å²) in [6, 6.07) is 7.06. The van der Waals surface area contributed by atoms with E-state index in [1.54, 1.807) is 24.3 Å². The van der Waals surface area contributed by atoms with Crippen LogP contribution in [0, 0.1) is 0 Å². The molecule has 1 aromatic carbocycles. The molecule has 0 saturated heterocycles. The maximum absolute atomic E-state index is 12.3. The molecule has 0 fully saturated rings. The van der Waals surface area contributed by atoms with Crippen molar-refractivity contribution in [3.05, 3.63) is 34.8 Å². The summed E-state index contributed by atoms with van der Waals surface area (Å²) in [7, 11) is 0. The lowest BCUT2D eigenvalue weighted by Gasteiger charge is -2.09. The van der Waals surface area contributed by atoms with Crippen molar-refractivity contribution in [1.29, 1.82) is 0 Å². The third-order valence-electron chi connectivity index (χ3n) is 3.85. The fourth-order valence-electron chi connectivity index (χ4n) is 2.35. The van der Waals surface area contributed by atoms with E-state index in [9.17, 15) is 4.79 Å². The van der Waals surface area contributed by atoms with Crippen molar-refractivity contribution in [3.8, 4) is 5.75 Å². The number of thiocarbonyl (C=S) groups is 1. The number of aryl methyl sites for hydroxylation is 1. The van der Waals surface area contributed by atoms with E-state index in [-0.39, 0.29) is 11.0 Å². The summed E-state index contributed by atoms with van der Waals surface area (Å²) >= 11 is 6.57. The number of hydrogen-bond donors (Lipinski definition) is 2. The topological polar surface area (TPSA) is 76.1 Å². The Morgan fingerprint density at radius 3 is 2.52 bits per heavy atom. The van der Waals surface area contributed by atoms with Gasteiger partial charge in [-0.2, -0.15) is 0 Å². The molecule has 0 bridgehead atoms. The Labute approximate surface area is 169 Å². The molecule has 1 amide bonds. The maximum atomic E-state index is 12.3. The van der Waals surface area contributed by atoms with Crippen LogP contribution >= 0.6 is 23.6 Å². The van der Waals surface area contributed by atoms with E-state index in [1.165, 1.54) is 37.0 Å². The van der Waals surface area contributed by atoms with E-state index in [1.807, 2.05) is 6.92 Å². The lowest BCUT2D eigenvalue weighted by atomic mass is 10.2. The minimum absolute atomic E-state index is 0.200. The Balaban J connectivity index is 1.74. The fourth-order valence-corrected chi connectivity index (χ4v) is 3.29. The minimum Gasteiger partial charge on any atom is -0.494 e. The zero-order valence-electron chi connectivity index (χ0n) is 15.8. The van der Waals surface area contributed by atoms with Crippen molar-refractivity contribution in [2.75, 3.05) is 11.9 Å². The van der Waals surface area contributed by atoms with Crippen LogP contribution in [0.3, 0.4) is 0 Å². The number of nitrogens with zero attached hydrogens (tertiary/aromatic N) is 2. The van der Waals surface area contributed by atoms with Gasteiger partial charge in [-0.3, -0.25) is 10.1 Å². The van der Waals surface area contributed by atoms with Crippen LogP contribution in [0.2, 0.25) is 0 Å². The largest absolute Gasteiger partial charge is 0.494 e. The summed E-state index contributed by atoms with van der Waals surface area (Å²) < 4.78 is 5.71. The summed E-state index contributed by atoms with van der Waals surface area (Å²) in [5.41, 5.74) is 0.515. The minimum atomic E-state index is -0.279. The second-order valence-corrected chi connectivity index (χ2v) is 7.52. The van der Waals surface area contributed by atoms with Crippen LogP contribution in [-0.4, -0.2) is 27.8 Å².